The molecule has 0 saturated heterocycles. The Morgan fingerprint density at radius 2 is 1.27 bits per heavy atom. The van der Waals surface area contributed by atoms with Gasteiger partial charge in [0.15, 0.2) is 12.4 Å². The maximum atomic E-state index is 2.89. The van der Waals surface area contributed by atoms with Crippen molar-refractivity contribution in [2.75, 3.05) is 19.6 Å². The van der Waals surface area contributed by atoms with E-state index in [-0.39, 0.29) is 36.4 Å². The van der Waals surface area contributed by atoms with Crippen molar-refractivity contribution in [3.8, 4) is 0 Å². The molecule has 90 valence electrons. The topological polar surface area (TPSA) is 17.4 Å². The summed E-state index contributed by atoms with van der Waals surface area (Å²) in [7, 11) is 0. The molecule has 0 saturated carbocycles. The van der Waals surface area contributed by atoms with Crippen molar-refractivity contribution in [1.82, 2.24) is 4.90 Å². The highest BCUT2D eigenvalue weighted by molar-refractivity contribution is 4.82. The normalized spacial score (nSPS) is 8.00. The molecule has 1 heterocycles. The van der Waals surface area contributed by atoms with Crippen LogP contribution >= 0.6 is 0 Å². The Labute approximate surface area is 117 Å². The Bertz CT molecular complexity index is 149. The van der Waals surface area contributed by atoms with Gasteiger partial charge < -0.3 is 41.3 Å². The second-order valence-corrected chi connectivity index (χ2v) is 2.70. The maximum absolute atomic E-state index is 2.89. The number of hydrogen-bond acceptors (Lipinski definition) is 1. The second-order valence-electron chi connectivity index (χ2n) is 2.70. The van der Waals surface area contributed by atoms with Crippen LogP contribution in [0.1, 0.15) is 20.8 Å². The van der Waals surface area contributed by atoms with Crippen LogP contribution in [0.5, 0.6) is 0 Å². The molecule has 0 aromatic carbocycles. The average molecular weight is 344 g/mol. The molecular weight excluding hydrogens is 322 g/mol. The molecule has 0 amide bonds. The van der Waals surface area contributed by atoms with Crippen molar-refractivity contribution in [2.45, 2.75) is 20.8 Å². The van der Waals surface area contributed by atoms with Crippen LogP contribution in [-0.2, 0) is 0 Å². The predicted octanol–water partition coefficient (Wildman–Crippen LogP) is -4.14. The summed E-state index contributed by atoms with van der Waals surface area (Å²) in [5.74, 6) is 0. The Kier molecular flexibility index (Phi) is 22.7. The molecule has 1 aromatic rings. The van der Waals surface area contributed by atoms with Crippen LogP contribution in [0.15, 0.2) is 30.6 Å². The minimum Gasteiger partial charge on any atom is -1.00 e. The monoisotopic (exact) mass is 343 g/mol. The van der Waals surface area contributed by atoms with Gasteiger partial charge in [0.2, 0.25) is 0 Å². The highest BCUT2D eigenvalue weighted by atomic mass is 127. The van der Waals surface area contributed by atoms with E-state index in [4.69, 9.17) is 0 Å². The molecule has 0 fully saturated rings. The molecule has 0 radical (unpaired) electrons. The first-order valence-corrected chi connectivity index (χ1v) is 4.98. The second kappa shape index (κ2) is 16.6. The number of aromatic nitrogens is 1. The van der Waals surface area contributed by atoms with Crippen LogP contribution in [0, 0.1) is 0 Å². The minimum absolute atomic E-state index is 0. The van der Waals surface area contributed by atoms with Gasteiger partial charge in [-0.1, -0.05) is 26.8 Å². The van der Waals surface area contributed by atoms with Crippen LogP contribution in [0.2, 0.25) is 0 Å². The number of nitrogens with zero attached hydrogens (tertiary/aromatic N) is 1. The molecule has 0 unspecified atom stereocenters. The Morgan fingerprint density at radius 1 is 0.867 bits per heavy atom. The van der Waals surface area contributed by atoms with Crippen LogP contribution in [0.25, 0.3) is 0 Å². The Balaban J connectivity index is -0.000000170. The van der Waals surface area contributed by atoms with Crippen molar-refractivity contribution >= 4 is 0 Å². The van der Waals surface area contributed by atoms with Gasteiger partial charge in [0.25, 0.3) is 0 Å². The number of H-pyrrole nitrogens is 1. The van der Waals surface area contributed by atoms with Crippen LogP contribution < -0.4 is 41.4 Å². The van der Waals surface area contributed by atoms with E-state index in [1.165, 1.54) is 19.6 Å². The quantitative estimate of drug-likeness (QED) is 0.510. The standard InChI is InChI=1S/C6H15N.C5H5N.ClH.HI/c1-4-7(5-2)6-3;1-2-4-6-5-3-1;;/h4-6H2,1-3H3;1-5H;2*1H/p-1. The highest BCUT2D eigenvalue weighted by Crippen LogP contribution is 1.81. The molecule has 1 rings (SSSR count). The van der Waals surface area contributed by atoms with Crippen LogP contribution in [0.3, 0.4) is 0 Å². The molecular formula is C11H21ClIN2-. The highest BCUT2D eigenvalue weighted by Gasteiger charge is 1.89. The third-order valence-electron chi connectivity index (χ3n) is 1.95. The van der Waals surface area contributed by atoms with Crippen molar-refractivity contribution in [3.63, 3.8) is 0 Å². The van der Waals surface area contributed by atoms with Gasteiger partial charge >= 0.3 is 0 Å². The van der Waals surface area contributed by atoms with Gasteiger partial charge in [-0.15, -0.1) is 0 Å². The summed E-state index contributed by atoms with van der Waals surface area (Å²) >= 11 is 0. The number of aromatic amines is 1. The lowest BCUT2D eigenvalue weighted by molar-refractivity contribution is -0.377. The zero-order chi connectivity index (χ0) is 9.94. The van der Waals surface area contributed by atoms with Crippen LogP contribution in [0.4, 0.5) is 0 Å². The summed E-state index contributed by atoms with van der Waals surface area (Å²) in [5.41, 5.74) is 0. The number of halogens is 2. The van der Waals surface area contributed by atoms with Crippen molar-refractivity contribution in [2.24, 2.45) is 0 Å². The zero-order valence-electron chi connectivity index (χ0n) is 9.71. The minimum atomic E-state index is 0. The lowest BCUT2D eigenvalue weighted by Gasteiger charge is -2.13. The van der Waals surface area contributed by atoms with Gasteiger partial charge in [-0.3, -0.25) is 0 Å². The smallest absolute Gasteiger partial charge is 0.166 e. The largest absolute Gasteiger partial charge is 1.00 e. The molecule has 0 aliphatic heterocycles. The first-order valence-electron chi connectivity index (χ1n) is 4.98. The number of pyridine rings is 1. The number of nitrogens with one attached hydrogen (secondary N) is 1. The van der Waals surface area contributed by atoms with Gasteiger partial charge in [0.1, 0.15) is 0 Å². The Hall–Kier alpha value is 0.130. The van der Waals surface area contributed by atoms with E-state index in [0.29, 0.717) is 0 Å². The summed E-state index contributed by atoms with van der Waals surface area (Å²) in [6.45, 7) is 10.1. The molecule has 0 bridgehead atoms. The van der Waals surface area contributed by atoms with Gasteiger partial charge in [0.05, 0.1) is 0 Å². The summed E-state index contributed by atoms with van der Waals surface area (Å²) in [6, 6.07) is 5.86. The van der Waals surface area contributed by atoms with Gasteiger partial charge in [-0.05, 0) is 19.6 Å². The van der Waals surface area contributed by atoms with E-state index in [1.54, 1.807) is 0 Å². The lowest BCUT2D eigenvalue weighted by atomic mass is 10.5. The fourth-order valence-electron chi connectivity index (χ4n) is 1.01. The molecule has 1 aromatic heterocycles. The van der Waals surface area contributed by atoms with E-state index in [2.05, 4.69) is 30.7 Å². The van der Waals surface area contributed by atoms with E-state index in [9.17, 15) is 0 Å². The fourth-order valence-corrected chi connectivity index (χ4v) is 1.01. The molecule has 2 nitrogen and oxygen atoms in total. The third-order valence-corrected chi connectivity index (χ3v) is 1.95. The maximum Gasteiger partial charge on any atom is 0.166 e. The predicted molar refractivity (Wildman–Crippen MR) is 56.5 cm³/mol. The average Bonchev–Trinajstić information content (AvgIpc) is 2.24. The first kappa shape index (κ1) is 20.5. The van der Waals surface area contributed by atoms with Crippen molar-refractivity contribution in [1.29, 1.82) is 0 Å². The molecule has 0 aliphatic carbocycles. The van der Waals surface area contributed by atoms with Gasteiger partial charge in [-0.25, -0.2) is 4.98 Å². The van der Waals surface area contributed by atoms with Gasteiger partial charge in [-0.2, -0.15) is 0 Å². The Morgan fingerprint density at radius 3 is 1.33 bits per heavy atom. The molecule has 0 aliphatic rings. The lowest BCUT2D eigenvalue weighted by Crippen LogP contribution is -3.00. The van der Waals surface area contributed by atoms with E-state index >= 15 is 0 Å². The zero-order valence-corrected chi connectivity index (χ0v) is 12.6. The van der Waals surface area contributed by atoms with Gasteiger partial charge in [0, 0.05) is 12.1 Å². The molecule has 4 heteroatoms. The SMILES string of the molecule is CCN(CC)CC.[Cl-].[I-].c1cc[nH+]cc1. The van der Waals surface area contributed by atoms with E-state index in [0.717, 1.165) is 0 Å². The molecule has 0 atom stereocenters. The number of rotatable bonds is 3. The summed E-state index contributed by atoms with van der Waals surface area (Å²) in [6.07, 6.45) is 3.75. The molecule has 15 heavy (non-hydrogen) atoms. The third kappa shape index (κ3) is 14.1. The van der Waals surface area contributed by atoms with Crippen LogP contribution in [-0.4, -0.2) is 24.5 Å². The fraction of sp³-hybridized carbons (Fsp3) is 0.545. The van der Waals surface area contributed by atoms with E-state index in [1.807, 2.05) is 30.6 Å². The molecule has 0 spiro atoms. The van der Waals surface area contributed by atoms with E-state index < -0.39 is 0 Å². The summed E-state index contributed by atoms with van der Waals surface area (Å²) < 4.78 is 0. The molecule has 1 N–H and O–H groups in total. The summed E-state index contributed by atoms with van der Waals surface area (Å²) in [4.78, 5) is 5.27. The first-order chi connectivity index (χ1) is 6.35. The number of hydrogen-bond donors (Lipinski definition) is 0. The summed E-state index contributed by atoms with van der Waals surface area (Å²) in [5, 5.41) is 0. The van der Waals surface area contributed by atoms with Crippen molar-refractivity contribution in [3.05, 3.63) is 30.6 Å². The van der Waals surface area contributed by atoms with Crippen molar-refractivity contribution < 1.29 is 41.4 Å².